The van der Waals surface area contributed by atoms with E-state index in [0.717, 1.165) is 12.8 Å². The van der Waals surface area contributed by atoms with E-state index in [1.165, 1.54) is 12.1 Å². The van der Waals surface area contributed by atoms with Gasteiger partial charge >= 0.3 is 5.69 Å². The molecule has 0 unspecified atom stereocenters. The second kappa shape index (κ2) is 6.85. The molecule has 0 spiro atoms. The highest BCUT2D eigenvalue weighted by atomic mass is 16.6. The lowest BCUT2D eigenvalue weighted by molar-refractivity contribution is -0.384. The predicted molar refractivity (Wildman–Crippen MR) is 77.4 cm³/mol. The van der Waals surface area contributed by atoms with Crippen LogP contribution in [0.2, 0.25) is 0 Å². The highest BCUT2D eigenvalue weighted by Gasteiger charge is 2.28. The molecule has 7 nitrogen and oxygen atoms in total. The largest absolute Gasteiger partial charge is 0.339 e. The Bertz CT molecular complexity index is 500. The zero-order valence-corrected chi connectivity index (χ0v) is 11.9. The van der Waals surface area contributed by atoms with Gasteiger partial charge in [0.2, 0.25) is 0 Å². The summed E-state index contributed by atoms with van der Waals surface area (Å²) in [4.78, 5) is 24.6. The standard InChI is InChI=1S/C13H20N4O3/c1-4-9(5-2)16(3)13(18)10-7-6-8-11(15-14)12(10)17(19)20/h6-9,15H,4-5,14H2,1-3H3. The number of hydrazine groups is 1. The summed E-state index contributed by atoms with van der Waals surface area (Å²) in [6, 6.07) is 4.53. The van der Waals surface area contributed by atoms with Crippen molar-refractivity contribution in [2.45, 2.75) is 32.7 Å². The van der Waals surface area contributed by atoms with Crippen LogP contribution in [-0.4, -0.2) is 28.8 Å². The number of amides is 1. The minimum absolute atomic E-state index is 0.0415. The lowest BCUT2D eigenvalue weighted by Gasteiger charge is -2.26. The lowest BCUT2D eigenvalue weighted by atomic mass is 10.1. The van der Waals surface area contributed by atoms with Gasteiger partial charge in [0.15, 0.2) is 0 Å². The first-order valence-corrected chi connectivity index (χ1v) is 6.49. The first-order chi connectivity index (χ1) is 9.47. The number of para-hydroxylation sites is 1. The van der Waals surface area contributed by atoms with Gasteiger partial charge in [0.05, 0.1) is 4.92 Å². The molecule has 110 valence electrons. The number of hydrogen-bond donors (Lipinski definition) is 2. The zero-order valence-electron chi connectivity index (χ0n) is 11.9. The minimum atomic E-state index is -0.594. The fraction of sp³-hybridized carbons (Fsp3) is 0.462. The number of benzene rings is 1. The van der Waals surface area contributed by atoms with E-state index in [4.69, 9.17) is 5.84 Å². The molecule has 1 rings (SSSR count). The molecule has 3 N–H and O–H groups in total. The number of rotatable bonds is 6. The fourth-order valence-electron chi connectivity index (χ4n) is 2.22. The molecule has 0 aliphatic rings. The van der Waals surface area contributed by atoms with Crippen LogP contribution in [0.4, 0.5) is 11.4 Å². The van der Waals surface area contributed by atoms with Crippen LogP contribution in [0.15, 0.2) is 18.2 Å². The molecule has 0 saturated heterocycles. The van der Waals surface area contributed by atoms with Crippen molar-refractivity contribution in [3.8, 4) is 0 Å². The average molecular weight is 280 g/mol. The maximum Gasteiger partial charge on any atom is 0.306 e. The third kappa shape index (κ3) is 3.05. The predicted octanol–water partition coefficient (Wildman–Crippen LogP) is 2.14. The molecule has 0 heterocycles. The highest BCUT2D eigenvalue weighted by molar-refractivity contribution is 6.00. The molecule has 7 heteroatoms. The van der Waals surface area contributed by atoms with Crippen molar-refractivity contribution < 1.29 is 9.72 Å². The second-order valence-corrected chi connectivity index (χ2v) is 4.49. The zero-order chi connectivity index (χ0) is 15.3. The van der Waals surface area contributed by atoms with Crippen molar-refractivity contribution in [3.63, 3.8) is 0 Å². The van der Waals surface area contributed by atoms with E-state index in [0.29, 0.717) is 0 Å². The Morgan fingerprint density at radius 2 is 2.05 bits per heavy atom. The minimum Gasteiger partial charge on any atom is -0.339 e. The number of nitrogen functional groups attached to an aromatic ring is 1. The molecule has 0 aliphatic carbocycles. The Balaban J connectivity index is 3.25. The Labute approximate surface area is 117 Å². The molecule has 1 aromatic rings. The molecule has 0 fully saturated rings. The summed E-state index contributed by atoms with van der Waals surface area (Å²) in [6.07, 6.45) is 1.59. The summed E-state index contributed by atoms with van der Waals surface area (Å²) in [7, 11) is 1.66. The van der Waals surface area contributed by atoms with E-state index in [2.05, 4.69) is 5.43 Å². The van der Waals surface area contributed by atoms with Gasteiger partial charge in [-0.3, -0.25) is 20.8 Å². The number of nitrogens with zero attached hydrogens (tertiary/aromatic N) is 2. The van der Waals surface area contributed by atoms with Gasteiger partial charge in [-0.25, -0.2) is 0 Å². The van der Waals surface area contributed by atoms with Gasteiger partial charge in [0.25, 0.3) is 5.91 Å². The Morgan fingerprint density at radius 3 is 2.50 bits per heavy atom. The number of nitrogens with two attached hydrogens (primary N) is 1. The SMILES string of the molecule is CCC(CC)N(C)C(=O)c1cccc(NN)c1[N+](=O)[O-]. The van der Waals surface area contributed by atoms with E-state index in [9.17, 15) is 14.9 Å². The van der Waals surface area contributed by atoms with Gasteiger partial charge < -0.3 is 10.3 Å². The Hall–Kier alpha value is -2.15. The van der Waals surface area contributed by atoms with Crippen LogP contribution in [0.5, 0.6) is 0 Å². The molecular weight excluding hydrogens is 260 g/mol. The van der Waals surface area contributed by atoms with Gasteiger partial charge in [-0.15, -0.1) is 0 Å². The Morgan fingerprint density at radius 1 is 1.45 bits per heavy atom. The maximum absolute atomic E-state index is 12.5. The van der Waals surface area contributed by atoms with Crippen molar-refractivity contribution in [1.29, 1.82) is 0 Å². The van der Waals surface area contributed by atoms with E-state index in [-0.39, 0.29) is 28.9 Å². The number of nitrogens with one attached hydrogen (secondary N) is 1. The number of nitro benzene ring substituents is 1. The topological polar surface area (TPSA) is 102 Å². The third-order valence-electron chi connectivity index (χ3n) is 3.42. The molecular formula is C13H20N4O3. The molecule has 1 amide bonds. The fourth-order valence-corrected chi connectivity index (χ4v) is 2.22. The average Bonchev–Trinajstić information content (AvgIpc) is 2.46. The highest BCUT2D eigenvalue weighted by Crippen LogP contribution is 2.29. The quantitative estimate of drug-likeness (QED) is 0.472. The van der Waals surface area contributed by atoms with Crippen molar-refractivity contribution in [1.82, 2.24) is 4.90 Å². The van der Waals surface area contributed by atoms with Crippen LogP contribution >= 0.6 is 0 Å². The first-order valence-electron chi connectivity index (χ1n) is 6.49. The summed E-state index contributed by atoms with van der Waals surface area (Å²) in [6.45, 7) is 3.95. The summed E-state index contributed by atoms with van der Waals surface area (Å²) in [5.74, 6) is 4.89. The summed E-state index contributed by atoms with van der Waals surface area (Å²) in [5.41, 5.74) is 2.13. The molecule has 1 aromatic carbocycles. The Kier molecular flexibility index (Phi) is 5.45. The number of carbonyl (C=O) groups excluding carboxylic acids is 1. The van der Waals surface area contributed by atoms with E-state index in [1.807, 2.05) is 13.8 Å². The second-order valence-electron chi connectivity index (χ2n) is 4.49. The van der Waals surface area contributed by atoms with Crippen molar-refractivity contribution in [2.24, 2.45) is 5.84 Å². The molecule has 20 heavy (non-hydrogen) atoms. The molecule has 0 aromatic heterocycles. The van der Waals surface area contributed by atoms with Gasteiger partial charge in [-0.2, -0.15) is 0 Å². The van der Waals surface area contributed by atoms with Crippen molar-refractivity contribution in [2.75, 3.05) is 12.5 Å². The number of anilines is 1. The van der Waals surface area contributed by atoms with Crippen LogP contribution in [-0.2, 0) is 0 Å². The lowest BCUT2D eigenvalue weighted by Crippen LogP contribution is -2.36. The maximum atomic E-state index is 12.5. The van der Waals surface area contributed by atoms with E-state index < -0.39 is 4.92 Å². The number of nitro groups is 1. The van der Waals surface area contributed by atoms with Gasteiger partial charge in [0, 0.05) is 13.1 Å². The third-order valence-corrected chi connectivity index (χ3v) is 3.42. The van der Waals surface area contributed by atoms with Crippen molar-refractivity contribution in [3.05, 3.63) is 33.9 Å². The summed E-state index contributed by atoms with van der Waals surface area (Å²) in [5, 5.41) is 11.2. The van der Waals surface area contributed by atoms with Gasteiger partial charge in [-0.1, -0.05) is 19.9 Å². The molecule has 0 atom stereocenters. The number of hydrogen-bond acceptors (Lipinski definition) is 5. The number of carbonyl (C=O) groups is 1. The first kappa shape index (κ1) is 15.9. The molecule has 0 aliphatic heterocycles. The normalized spacial score (nSPS) is 10.4. The van der Waals surface area contributed by atoms with Crippen LogP contribution in [0, 0.1) is 10.1 Å². The molecule has 0 radical (unpaired) electrons. The van der Waals surface area contributed by atoms with E-state index in [1.54, 1.807) is 18.0 Å². The van der Waals surface area contributed by atoms with Gasteiger partial charge in [-0.05, 0) is 25.0 Å². The molecule has 0 saturated carbocycles. The van der Waals surface area contributed by atoms with Crippen LogP contribution in [0.25, 0.3) is 0 Å². The van der Waals surface area contributed by atoms with Crippen LogP contribution in [0.1, 0.15) is 37.0 Å². The van der Waals surface area contributed by atoms with E-state index >= 15 is 0 Å². The summed E-state index contributed by atoms with van der Waals surface area (Å²) < 4.78 is 0. The van der Waals surface area contributed by atoms with Crippen LogP contribution in [0.3, 0.4) is 0 Å². The van der Waals surface area contributed by atoms with Gasteiger partial charge in [0.1, 0.15) is 11.3 Å². The molecule has 0 bridgehead atoms. The summed E-state index contributed by atoms with van der Waals surface area (Å²) >= 11 is 0. The van der Waals surface area contributed by atoms with Crippen LogP contribution < -0.4 is 11.3 Å². The smallest absolute Gasteiger partial charge is 0.306 e. The monoisotopic (exact) mass is 280 g/mol. The van der Waals surface area contributed by atoms with Crippen molar-refractivity contribution >= 4 is 17.3 Å².